The molecule has 0 fully saturated rings. The van der Waals surface area contributed by atoms with E-state index >= 15 is 0 Å². The summed E-state index contributed by atoms with van der Waals surface area (Å²) in [6, 6.07) is 16.1. The van der Waals surface area contributed by atoms with E-state index in [0.717, 1.165) is 19.3 Å². The first kappa shape index (κ1) is 16.3. The summed E-state index contributed by atoms with van der Waals surface area (Å²) >= 11 is 0. The summed E-state index contributed by atoms with van der Waals surface area (Å²) in [5.74, 6) is 0. The maximum absolute atomic E-state index is 2.66. The molecule has 128 valence electrons. The van der Waals surface area contributed by atoms with Crippen LogP contribution < -0.4 is 4.57 Å². The van der Waals surface area contributed by atoms with Gasteiger partial charge in [0.2, 0.25) is 11.2 Å². The van der Waals surface area contributed by atoms with Gasteiger partial charge in [-0.3, -0.25) is 0 Å². The third-order valence-corrected chi connectivity index (χ3v) is 6.35. The number of fused-ring (bicyclic) bond motifs is 5. The Balaban J connectivity index is 2.20. The summed E-state index contributed by atoms with van der Waals surface area (Å²) in [5, 5.41) is 1.38. The highest BCUT2D eigenvalue weighted by Crippen LogP contribution is 2.40. The highest BCUT2D eigenvalue weighted by Gasteiger charge is 2.45. The molecular formula is C24H28N+. The molecule has 1 aliphatic heterocycles. The second-order valence-electron chi connectivity index (χ2n) is 7.78. The SMILES string of the molecule is CCC1(CC)Cc2c(C)cc(C)cc2-c2cc(C)c3ccccc3[n+]21. The number of benzene rings is 2. The van der Waals surface area contributed by atoms with Crippen molar-refractivity contribution in [2.45, 2.75) is 59.4 Å². The minimum Gasteiger partial charge on any atom is -0.186 e. The first-order valence-electron chi connectivity index (χ1n) is 9.56. The van der Waals surface area contributed by atoms with Crippen molar-refractivity contribution in [2.24, 2.45) is 0 Å². The van der Waals surface area contributed by atoms with Crippen molar-refractivity contribution in [1.82, 2.24) is 0 Å². The second-order valence-corrected chi connectivity index (χ2v) is 7.78. The van der Waals surface area contributed by atoms with Gasteiger partial charge in [-0.05, 0) is 49.6 Å². The van der Waals surface area contributed by atoms with Crippen LogP contribution in [0.15, 0.2) is 42.5 Å². The molecular weight excluding hydrogens is 302 g/mol. The lowest BCUT2D eigenvalue weighted by atomic mass is 9.76. The van der Waals surface area contributed by atoms with Gasteiger partial charge in [-0.25, -0.2) is 0 Å². The lowest BCUT2D eigenvalue weighted by molar-refractivity contribution is -0.735. The largest absolute Gasteiger partial charge is 0.214 e. The Morgan fingerprint density at radius 2 is 1.64 bits per heavy atom. The van der Waals surface area contributed by atoms with E-state index in [4.69, 9.17) is 0 Å². The quantitative estimate of drug-likeness (QED) is 0.524. The normalized spacial score (nSPS) is 15.1. The van der Waals surface area contributed by atoms with Gasteiger partial charge in [-0.1, -0.05) is 37.6 Å². The van der Waals surface area contributed by atoms with Crippen LogP contribution in [0.25, 0.3) is 22.2 Å². The second kappa shape index (κ2) is 5.69. The Morgan fingerprint density at radius 1 is 0.920 bits per heavy atom. The average molecular weight is 330 g/mol. The molecule has 1 aromatic heterocycles. The van der Waals surface area contributed by atoms with Gasteiger partial charge >= 0.3 is 0 Å². The monoisotopic (exact) mass is 330 g/mol. The first-order valence-corrected chi connectivity index (χ1v) is 9.56. The van der Waals surface area contributed by atoms with Crippen LogP contribution in [0.5, 0.6) is 0 Å². The van der Waals surface area contributed by atoms with Gasteiger partial charge in [0.05, 0.1) is 5.56 Å². The molecule has 0 radical (unpaired) electrons. The maximum Gasteiger partial charge on any atom is 0.214 e. The van der Waals surface area contributed by atoms with Gasteiger partial charge in [-0.2, -0.15) is 4.57 Å². The molecule has 0 atom stereocenters. The standard InChI is InChI=1S/C24H28N/c1-6-24(7-2)15-21-17(4)12-16(3)13-20(21)23-14-18(5)19-10-8-9-11-22(19)25(23)24/h8-14H,6-7,15H2,1-5H3/q+1. The van der Waals surface area contributed by atoms with Crippen molar-refractivity contribution in [2.75, 3.05) is 0 Å². The molecule has 0 unspecified atom stereocenters. The molecule has 0 aliphatic carbocycles. The van der Waals surface area contributed by atoms with E-state index < -0.39 is 0 Å². The zero-order valence-electron chi connectivity index (χ0n) is 16.1. The molecule has 3 aromatic rings. The number of hydrogen-bond donors (Lipinski definition) is 0. The Morgan fingerprint density at radius 3 is 2.36 bits per heavy atom. The van der Waals surface area contributed by atoms with Gasteiger partial charge in [0.1, 0.15) is 0 Å². The molecule has 0 amide bonds. The van der Waals surface area contributed by atoms with Crippen LogP contribution in [0.4, 0.5) is 0 Å². The van der Waals surface area contributed by atoms with Crippen LogP contribution in [-0.4, -0.2) is 0 Å². The van der Waals surface area contributed by atoms with Gasteiger partial charge in [0.25, 0.3) is 0 Å². The number of aromatic nitrogens is 1. The topological polar surface area (TPSA) is 3.88 Å². The molecule has 1 aliphatic rings. The van der Waals surface area contributed by atoms with Crippen molar-refractivity contribution >= 4 is 10.9 Å². The van der Waals surface area contributed by atoms with E-state index in [1.807, 2.05) is 0 Å². The Hall–Kier alpha value is -2.15. The lowest BCUT2D eigenvalue weighted by Crippen LogP contribution is -2.60. The zero-order chi connectivity index (χ0) is 17.8. The van der Waals surface area contributed by atoms with Crippen molar-refractivity contribution in [3.05, 3.63) is 64.7 Å². The van der Waals surface area contributed by atoms with E-state index in [-0.39, 0.29) is 5.54 Å². The Labute approximate surface area is 151 Å². The molecule has 25 heavy (non-hydrogen) atoms. The number of hydrogen-bond acceptors (Lipinski definition) is 0. The van der Waals surface area contributed by atoms with Crippen molar-refractivity contribution in [3.8, 4) is 11.3 Å². The van der Waals surface area contributed by atoms with Crippen molar-refractivity contribution in [1.29, 1.82) is 0 Å². The van der Waals surface area contributed by atoms with Crippen LogP contribution >= 0.6 is 0 Å². The molecule has 2 heterocycles. The highest BCUT2D eigenvalue weighted by molar-refractivity contribution is 5.82. The van der Waals surface area contributed by atoms with Gasteiger partial charge in [-0.15, -0.1) is 0 Å². The molecule has 2 aromatic carbocycles. The van der Waals surface area contributed by atoms with Crippen LogP contribution in [0.1, 0.15) is 48.9 Å². The van der Waals surface area contributed by atoms with E-state index in [9.17, 15) is 0 Å². The summed E-state index contributed by atoms with van der Waals surface area (Å²) in [4.78, 5) is 0. The van der Waals surface area contributed by atoms with Crippen LogP contribution in [0.3, 0.4) is 0 Å². The molecule has 0 bridgehead atoms. The average Bonchev–Trinajstić information content (AvgIpc) is 2.62. The van der Waals surface area contributed by atoms with E-state index in [0.29, 0.717) is 0 Å². The predicted molar refractivity (Wildman–Crippen MR) is 106 cm³/mol. The predicted octanol–water partition coefficient (Wildman–Crippen LogP) is 5.79. The molecule has 0 saturated heterocycles. The van der Waals surface area contributed by atoms with E-state index in [1.165, 1.54) is 38.9 Å². The number of rotatable bonds is 2. The van der Waals surface area contributed by atoms with Crippen LogP contribution in [0.2, 0.25) is 0 Å². The summed E-state index contributed by atoms with van der Waals surface area (Å²) in [6.07, 6.45) is 3.44. The molecule has 4 rings (SSSR count). The zero-order valence-corrected chi connectivity index (χ0v) is 16.1. The first-order chi connectivity index (χ1) is 12.0. The van der Waals surface area contributed by atoms with Gasteiger partial charge in [0, 0.05) is 36.8 Å². The van der Waals surface area contributed by atoms with Gasteiger partial charge < -0.3 is 0 Å². The van der Waals surface area contributed by atoms with Crippen LogP contribution in [-0.2, 0) is 12.0 Å². The summed E-state index contributed by atoms with van der Waals surface area (Å²) < 4.78 is 2.66. The number of pyridine rings is 1. The Kier molecular flexibility index (Phi) is 3.72. The number of nitrogens with zero attached hydrogens (tertiary/aromatic N) is 1. The maximum atomic E-state index is 2.66. The third kappa shape index (κ3) is 2.25. The lowest BCUT2D eigenvalue weighted by Gasteiger charge is -2.35. The fraction of sp³-hybridized carbons (Fsp3) is 0.375. The summed E-state index contributed by atoms with van der Waals surface area (Å²) in [5.41, 5.74) is 10.1. The Bertz CT molecular complexity index is 977. The summed E-state index contributed by atoms with van der Waals surface area (Å²) in [7, 11) is 0. The molecule has 1 nitrogen and oxygen atoms in total. The molecule has 0 spiro atoms. The van der Waals surface area contributed by atoms with Crippen molar-refractivity contribution in [3.63, 3.8) is 0 Å². The molecule has 0 N–H and O–H groups in total. The third-order valence-electron chi connectivity index (χ3n) is 6.35. The fourth-order valence-corrected chi connectivity index (χ4v) is 4.87. The smallest absolute Gasteiger partial charge is 0.186 e. The molecule has 0 saturated carbocycles. The van der Waals surface area contributed by atoms with Crippen molar-refractivity contribution < 1.29 is 4.57 Å². The minimum absolute atomic E-state index is 0.162. The molecule has 1 heteroatoms. The van der Waals surface area contributed by atoms with E-state index in [2.05, 4.69) is 81.7 Å². The van der Waals surface area contributed by atoms with Crippen LogP contribution in [0, 0.1) is 20.8 Å². The summed E-state index contributed by atoms with van der Waals surface area (Å²) in [6.45, 7) is 11.4. The van der Waals surface area contributed by atoms with Gasteiger partial charge in [0.15, 0.2) is 5.54 Å². The van der Waals surface area contributed by atoms with E-state index in [1.54, 1.807) is 5.56 Å². The number of para-hydroxylation sites is 1. The highest BCUT2D eigenvalue weighted by atomic mass is 15.1. The fourth-order valence-electron chi connectivity index (χ4n) is 4.87. The number of aryl methyl sites for hydroxylation is 3. The minimum atomic E-state index is 0.162.